The lowest BCUT2D eigenvalue weighted by Gasteiger charge is -2.14. The topological polar surface area (TPSA) is 108 Å². The first kappa shape index (κ1) is 14.9. The summed E-state index contributed by atoms with van der Waals surface area (Å²) in [6.07, 6.45) is 2.11. The Labute approximate surface area is 109 Å². The molecule has 0 spiro atoms. The van der Waals surface area contributed by atoms with E-state index in [1.165, 1.54) is 19.4 Å². The quantitative estimate of drug-likeness (QED) is 0.602. The van der Waals surface area contributed by atoms with Crippen molar-refractivity contribution in [3.8, 4) is 0 Å². The number of aliphatic carboxylic acids is 1. The highest BCUT2D eigenvalue weighted by atomic mass is 16.5. The van der Waals surface area contributed by atoms with Crippen LogP contribution in [0.15, 0.2) is 23.1 Å². The Morgan fingerprint density at radius 2 is 2.26 bits per heavy atom. The van der Waals surface area contributed by atoms with Crippen LogP contribution >= 0.6 is 0 Å². The Morgan fingerprint density at radius 1 is 1.53 bits per heavy atom. The predicted molar refractivity (Wildman–Crippen MR) is 67.1 cm³/mol. The molecule has 19 heavy (non-hydrogen) atoms. The maximum atomic E-state index is 11.8. The highest BCUT2D eigenvalue weighted by Gasteiger charge is 2.20. The number of carbonyl (C=O) groups excluding carboxylic acids is 1. The van der Waals surface area contributed by atoms with Crippen LogP contribution in [0.3, 0.4) is 0 Å². The van der Waals surface area contributed by atoms with Gasteiger partial charge in [0, 0.05) is 31.5 Å². The Kier molecular flexibility index (Phi) is 5.74. The summed E-state index contributed by atoms with van der Waals surface area (Å²) in [4.78, 5) is 36.2. The summed E-state index contributed by atoms with van der Waals surface area (Å²) in [5.41, 5.74) is -0.291. The lowest BCUT2D eigenvalue weighted by Crippen LogP contribution is -2.41. The number of pyridine rings is 1. The molecule has 3 N–H and O–H groups in total. The van der Waals surface area contributed by atoms with Crippen LogP contribution in [0.1, 0.15) is 23.2 Å². The Hall–Kier alpha value is -2.15. The number of hydrogen-bond donors (Lipinski definition) is 3. The van der Waals surface area contributed by atoms with Crippen LogP contribution in [0.4, 0.5) is 0 Å². The van der Waals surface area contributed by atoms with Gasteiger partial charge in [-0.25, -0.2) is 4.79 Å². The molecular weight excluding hydrogens is 252 g/mol. The average Bonchev–Trinajstić information content (AvgIpc) is 2.37. The van der Waals surface area contributed by atoms with Crippen LogP contribution in [0.2, 0.25) is 0 Å². The zero-order valence-corrected chi connectivity index (χ0v) is 10.5. The number of methoxy groups -OCH3 is 1. The second-order valence-corrected chi connectivity index (χ2v) is 3.94. The van der Waals surface area contributed by atoms with E-state index >= 15 is 0 Å². The number of aromatic amines is 1. The molecular formula is C12H16N2O5. The largest absolute Gasteiger partial charge is 0.480 e. The highest BCUT2D eigenvalue weighted by molar-refractivity contribution is 5.96. The number of nitrogens with one attached hydrogen (secondary N) is 2. The first-order valence-electron chi connectivity index (χ1n) is 5.76. The normalized spacial score (nSPS) is 11.8. The molecule has 104 valence electrons. The average molecular weight is 268 g/mol. The molecule has 0 aliphatic carbocycles. The fraction of sp³-hybridized carbons (Fsp3) is 0.417. The molecule has 0 bridgehead atoms. The first-order valence-corrected chi connectivity index (χ1v) is 5.76. The molecule has 7 heteroatoms. The van der Waals surface area contributed by atoms with Gasteiger partial charge in [0.1, 0.15) is 6.04 Å². The smallest absolute Gasteiger partial charge is 0.326 e. The number of carboxylic acids is 1. The summed E-state index contributed by atoms with van der Waals surface area (Å²) in [5.74, 6) is -1.70. The minimum absolute atomic E-state index is 0.127. The number of rotatable bonds is 7. The van der Waals surface area contributed by atoms with Crippen molar-refractivity contribution < 1.29 is 19.4 Å². The molecule has 7 nitrogen and oxygen atoms in total. The Balaban J connectivity index is 2.66. The van der Waals surface area contributed by atoms with E-state index in [-0.39, 0.29) is 12.0 Å². The van der Waals surface area contributed by atoms with E-state index in [1.807, 2.05) is 0 Å². The molecule has 0 saturated heterocycles. The van der Waals surface area contributed by atoms with Crippen molar-refractivity contribution in [2.24, 2.45) is 0 Å². The van der Waals surface area contributed by atoms with Gasteiger partial charge in [-0.1, -0.05) is 0 Å². The maximum absolute atomic E-state index is 11.8. The van der Waals surface area contributed by atoms with Crippen molar-refractivity contribution in [3.63, 3.8) is 0 Å². The van der Waals surface area contributed by atoms with Gasteiger partial charge in [-0.15, -0.1) is 0 Å². The number of amides is 1. The molecule has 1 aromatic heterocycles. The SMILES string of the molecule is COCCCC(NC(=O)c1cc[nH]c(=O)c1)C(=O)O. The van der Waals surface area contributed by atoms with E-state index in [2.05, 4.69) is 10.3 Å². The van der Waals surface area contributed by atoms with Gasteiger partial charge in [0.2, 0.25) is 5.56 Å². The van der Waals surface area contributed by atoms with Crippen molar-refractivity contribution in [1.82, 2.24) is 10.3 Å². The standard InChI is InChI=1S/C12H16N2O5/c1-19-6-2-3-9(12(17)18)14-11(16)8-4-5-13-10(15)7-8/h4-5,7,9H,2-3,6H2,1H3,(H,13,15)(H,14,16)(H,17,18). The van der Waals surface area contributed by atoms with Crippen LogP contribution in [0.5, 0.6) is 0 Å². The van der Waals surface area contributed by atoms with E-state index in [1.54, 1.807) is 0 Å². The van der Waals surface area contributed by atoms with Crippen molar-refractivity contribution in [1.29, 1.82) is 0 Å². The summed E-state index contributed by atoms with van der Waals surface area (Å²) < 4.78 is 4.83. The van der Waals surface area contributed by atoms with E-state index in [4.69, 9.17) is 9.84 Å². The fourth-order valence-corrected chi connectivity index (χ4v) is 1.52. The first-order chi connectivity index (χ1) is 9.04. The number of H-pyrrole nitrogens is 1. The van der Waals surface area contributed by atoms with Gasteiger partial charge in [-0.2, -0.15) is 0 Å². The molecule has 0 aromatic carbocycles. The van der Waals surface area contributed by atoms with Gasteiger partial charge in [0.15, 0.2) is 0 Å². The number of carboxylic acid groups (broad SMARTS) is 1. The molecule has 0 saturated carbocycles. The molecule has 0 radical (unpaired) electrons. The molecule has 0 fully saturated rings. The van der Waals surface area contributed by atoms with Crippen LogP contribution in [-0.2, 0) is 9.53 Å². The second-order valence-electron chi connectivity index (χ2n) is 3.94. The Morgan fingerprint density at radius 3 is 2.84 bits per heavy atom. The third kappa shape index (κ3) is 4.92. The van der Waals surface area contributed by atoms with Crippen LogP contribution in [0.25, 0.3) is 0 Å². The van der Waals surface area contributed by atoms with Gasteiger partial charge < -0.3 is 20.1 Å². The van der Waals surface area contributed by atoms with Crippen LogP contribution in [0, 0.1) is 0 Å². The van der Waals surface area contributed by atoms with Gasteiger partial charge in [0.05, 0.1) is 0 Å². The number of carbonyl (C=O) groups is 2. The monoisotopic (exact) mass is 268 g/mol. The molecule has 1 rings (SSSR count). The summed E-state index contributed by atoms with van der Waals surface area (Å²) in [6, 6.07) is 1.52. The van der Waals surface area contributed by atoms with Gasteiger partial charge >= 0.3 is 5.97 Å². The third-order valence-electron chi connectivity index (χ3n) is 2.48. The minimum Gasteiger partial charge on any atom is -0.480 e. The summed E-state index contributed by atoms with van der Waals surface area (Å²) in [5, 5.41) is 11.4. The fourth-order valence-electron chi connectivity index (χ4n) is 1.52. The molecule has 0 aliphatic rings. The minimum atomic E-state index is -1.12. The second kappa shape index (κ2) is 7.32. The molecule has 0 aliphatic heterocycles. The van der Waals surface area contributed by atoms with E-state index < -0.39 is 23.5 Å². The Bertz CT molecular complexity index is 497. The van der Waals surface area contributed by atoms with Crippen LogP contribution in [-0.4, -0.2) is 41.7 Å². The zero-order valence-electron chi connectivity index (χ0n) is 10.5. The summed E-state index contributed by atoms with van der Waals surface area (Å²) in [7, 11) is 1.52. The maximum Gasteiger partial charge on any atom is 0.326 e. The van der Waals surface area contributed by atoms with Gasteiger partial charge in [-0.3, -0.25) is 9.59 Å². The third-order valence-corrected chi connectivity index (χ3v) is 2.48. The van der Waals surface area contributed by atoms with Crippen molar-refractivity contribution >= 4 is 11.9 Å². The molecule has 1 aromatic rings. The number of ether oxygens (including phenoxy) is 1. The van der Waals surface area contributed by atoms with Crippen molar-refractivity contribution in [2.45, 2.75) is 18.9 Å². The van der Waals surface area contributed by atoms with Crippen LogP contribution < -0.4 is 10.9 Å². The molecule has 1 unspecified atom stereocenters. The van der Waals surface area contributed by atoms with Crippen molar-refractivity contribution in [3.05, 3.63) is 34.2 Å². The number of hydrogen-bond acceptors (Lipinski definition) is 4. The lowest BCUT2D eigenvalue weighted by atomic mass is 10.1. The van der Waals surface area contributed by atoms with E-state index in [0.717, 1.165) is 6.07 Å². The van der Waals surface area contributed by atoms with Crippen molar-refractivity contribution in [2.75, 3.05) is 13.7 Å². The summed E-state index contributed by atoms with van der Waals surface area (Å²) in [6.45, 7) is 0.421. The number of aromatic nitrogens is 1. The predicted octanol–water partition coefficient (Wildman–Crippen LogP) is -0.0155. The van der Waals surface area contributed by atoms with Gasteiger partial charge in [0.25, 0.3) is 5.91 Å². The molecule has 1 atom stereocenters. The van der Waals surface area contributed by atoms with Gasteiger partial charge in [-0.05, 0) is 18.9 Å². The molecule has 1 heterocycles. The highest BCUT2D eigenvalue weighted by Crippen LogP contribution is 2.01. The zero-order chi connectivity index (χ0) is 14.3. The lowest BCUT2D eigenvalue weighted by molar-refractivity contribution is -0.139. The molecule has 1 amide bonds. The summed E-state index contributed by atoms with van der Waals surface area (Å²) >= 11 is 0. The van der Waals surface area contributed by atoms with E-state index in [0.29, 0.717) is 13.0 Å². The van der Waals surface area contributed by atoms with E-state index in [9.17, 15) is 14.4 Å².